The lowest BCUT2D eigenvalue weighted by atomic mass is 9.92. The molecule has 0 amide bonds. The van der Waals surface area contributed by atoms with Gasteiger partial charge in [0.2, 0.25) is 0 Å². The fourth-order valence-electron chi connectivity index (χ4n) is 4.22. The van der Waals surface area contributed by atoms with Gasteiger partial charge in [-0.2, -0.15) is 0 Å². The van der Waals surface area contributed by atoms with Crippen LogP contribution in [0, 0.1) is 0 Å². The predicted molar refractivity (Wildman–Crippen MR) is 115 cm³/mol. The van der Waals surface area contributed by atoms with E-state index in [0.29, 0.717) is 6.04 Å². The van der Waals surface area contributed by atoms with Crippen molar-refractivity contribution in [2.45, 2.75) is 59.0 Å². The average Bonchev–Trinajstić information content (AvgIpc) is 2.71. The smallest absolute Gasteiger partial charge is 0.0303 e. The van der Waals surface area contributed by atoms with Crippen LogP contribution in [0.4, 0.5) is 0 Å². The van der Waals surface area contributed by atoms with Crippen molar-refractivity contribution in [2.75, 3.05) is 19.6 Å². The molecular formula is C24H35N3. The Balaban J connectivity index is 1.57. The van der Waals surface area contributed by atoms with E-state index < -0.39 is 0 Å². The predicted octanol–water partition coefficient (Wildman–Crippen LogP) is 4.53. The first kappa shape index (κ1) is 19.8. The molecule has 0 radical (unpaired) electrons. The number of hydrogen-bond donors (Lipinski definition) is 2. The minimum atomic E-state index is 0.497. The third-order valence-corrected chi connectivity index (χ3v) is 5.92. The number of fused-ring (bicyclic) bond motifs is 1. The standard InChI is InChI=1S/C24H35N3/c1-5-20-15-23(25-6-2)11-12-24(20)19(4)26-16-18(3)27-14-13-21-9-7-8-10-22(21)17-27/h7-10,15,18,25-26H,4-6,11-14,16-17H2,1-3H3. The molecule has 1 aliphatic carbocycles. The highest BCUT2D eigenvalue weighted by Gasteiger charge is 2.21. The maximum Gasteiger partial charge on any atom is 0.0303 e. The van der Waals surface area contributed by atoms with Crippen LogP contribution in [-0.4, -0.2) is 30.6 Å². The molecule has 0 saturated heterocycles. The molecule has 3 rings (SSSR count). The molecule has 0 fully saturated rings. The summed E-state index contributed by atoms with van der Waals surface area (Å²) >= 11 is 0. The molecule has 3 nitrogen and oxygen atoms in total. The molecule has 3 heteroatoms. The van der Waals surface area contributed by atoms with E-state index in [1.54, 1.807) is 0 Å². The molecule has 1 aliphatic heterocycles. The molecule has 2 aliphatic rings. The SMILES string of the molecule is C=C(NCC(C)N1CCc2ccccc2C1)C1=C(CC)C=C(NCC)CC1. The maximum absolute atomic E-state index is 4.36. The van der Waals surface area contributed by atoms with E-state index in [1.807, 2.05) is 0 Å². The summed E-state index contributed by atoms with van der Waals surface area (Å²) in [6.07, 6.45) is 6.72. The number of allylic oxidation sites excluding steroid dienone is 4. The van der Waals surface area contributed by atoms with Crippen LogP contribution in [0.5, 0.6) is 0 Å². The van der Waals surface area contributed by atoms with Crippen molar-refractivity contribution in [1.29, 1.82) is 0 Å². The lowest BCUT2D eigenvalue weighted by molar-refractivity contribution is 0.189. The molecule has 1 unspecified atom stereocenters. The zero-order valence-corrected chi connectivity index (χ0v) is 17.3. The zero-order valence-electron chi connectivity index (χ0n) is 17.3. The van der Waals surface area contributed by atoms with Gasteiger partial charge in [-0.1, -0.05) is 37.8 Å². The molecule has 27 heavy (non-hydrogen) atoms. The number of rotatable bonds is 8. The second kappa shape index (κ2) is 9.27. The molecule has 1 atom stereocenters. The highest BCUT2D eigenvalue weighted by atomic mass is 15.2. The Kier molecular flexibility index (Phi) is 6.78. The van der Waals surface area contributed by atoms with Crippen LogP contribution in [0.3, 0.4) is 0 Å². The average molecular weight is 366 g/mol. The zero-order chi connectivity index (χ0) is 19.2. The van der Waals surface area contributed by atoms with Gasteiger partial charge in [-0.3, -0.25) is 4.90 Å². The Labute approximate surface area is 165 Å². The highest BCUT2D eigenvalue weighted by molar-refractivity contribution is 5.42. The summed E-state index contributed by atoms with van der Waals surface area (Å²) in [6, 6.07) is 9.35. The molecule has 0 spiro atoms. The van der Waals surface area contributed by atoms with Crippen LogP contribution in [-0.2, 0) is 13.0 Å². The Bertz CT molecular complexity index is 729. The van der Waals surface area contributed by atoms with Crippen molar-refractivity contribution in [1.82, 2.24) is 15.5 Å². The largest absolute Gasteiger partial charge is 0.389 e. The van der Waals surface area contributed by atoms with Crippen LogP contribution in [0.15, 0.2) is 59.5 Å². The highest BCUT2D eigenvalue weighted by Crippen LogP contribution is 2.28. The topological polar surface area (TPSA) is 27.3 Å². The van der Waals surface area contributed by atoms with E-state index in [0.717, 1.165) is 57.6 Å². The summed E-state index contributed by atoms with van der Waals surface area (Å²) in [5.41, 5.74) is 8.32. The van der Waals surface area contributed by atoms with Crippen molar-refractivity contribution in [3.05, 3.63) is 70.6 Å². The lowest BCUT2D eigenvalue weighted by Gasteiger charge is -2.34. The number of nitrogens with one attached hydrogen (secondary N) is 2. The van der Waals surface area contributed by atoms with Gasteiger partial charge in [-0.25, -0.2) is 0 Å². The van der Waals surface area contributed by atoms with Crippen LogP contribution < -0.4 is 10.6 Å². The molecule has 0 aromatic heterocycles. The Morgan fingerprint density at radius 3 is 2.67 bits per heavy atom. The molecule has 0 bridgehead atoms. The number of hydrogen-bond acceptors (Lipinski definition) is 3. The van der Waals surface area contributed by atoms with E-state index in [4.69, 9.17) is 0 Å². The fourth-order valence-corrected chi connectivity index (χ4v) is 4.22. The third-order valence-electron chi connectivity index (χ3n) is 5.92. The van der Waals surface area contributed by atoms with Crippen molar-refractivity contribution >= 4 is 0 Å². The van der Waals surface area contributed by atoms with Gasteiger partial charge in [-0.05, 0) is 67.9 Å². The second-order valence-corrected chi connectivity index (χ2v) is 7.75. The molecule has 2 N–H and O–H groups in total. The van der Waals surface area contributed by atoms with Crippen molar-refractivity contribution in [3.8, 4) is 0 Å². The molecule has 146 valence electrons. The van der Waals surface area contributed by atoms with Gasteiger partial charge < -0.3 is 10.6 Å². The van der Waals surface area contributed by atoms with Gasteiger partial charge in [-0.15, -0.1) is 0 Å². The van der Waals surface area contributed by atoms with E-state index in [9.17, 15) is 0 Å². The Morgan fingerprint density at radius 1 is 1.15 bits per heavy atom. The third kappa shape index (κ3) is 4.84. The molecule has 1 heterocycles. The van der Waals surface area contributed by atoms with Crippen LogP contribution in [0.2, 0.25) is 0 Å². The molecule has 0 saturated carbocycles. The minimum absolute atomic E-state index is 0.497. The summed E-state index contributed by atoms with van der Waals surface area (Å²) in [6.45, 7) is 15.2. The quantitative estimate of drug-likeness (QED) is 0.709. The van der Waals surface area contributed by atoms with E-state index in [1.165, 1.54) is 28.0 Å². The minimum Gasteiger partial charge on any atom is -0.389 e. The summed E-state index contributed by atoms with van der Waals surface area (Å²) < 4.78 is 0. The molecular weight excluding hydrogens is 330 g/mol. The number of benzene rings is 1. The number of nitrogens with zero attached hydrogens (tertiary/aromatic N) is 1. The summed E-state index contributed by atoms with van der Waals surface area (Å²) in [5, 5.41) is 7.12. The van der Waals surface area contributed by atoms with Crippen molar-refractivity contribution < 1.29 is 0 Å². The second-order valence-electron chi connectivity index (χ2n) is 7.75. The maximum atomic E-state index is 4.36. The lowest BCUT2D eigenvalue weighted by Crippen LogP contribution is -2.43. The van der Waals surface area contributed by atoms with Gasteiger partial charge in [0.15, 0.2) is 0 Å². The summed E-state index contributed by atoms with van der Waals surface area (Å²) in [4.78, 5) is 2.59. The Morgan fingerprint density at radius 2 is 1.93 bits per heavy atom. The van der Waals surface area contributed by atoms with Crippen LogP contribution in [0.25, 0.3) is 0 Å². The summed E-state index contributed by atoms with van der Waals surface area (Å²) in [7, 11) is 0. The summed E-state index contributed by atoms with van der Waals surface area (Å²) in [5.74, 6) is 0. The van der Waals surface area contributed by atoms with Crippen LogP contribution >= 0.6 is 0 Å². The van der Waals surface area contributed by atoms with Crippen molar-refractivity contribution in [3.63, 3.8) is 0 Å². The van der Waals surface area contributed by atoms with Gasteiger partial charge in [0.05, 0.1) is 0 Å². The van der Waals surface area contributed by atoms with Gasteiger partial charge in [0, 0.05) is 43.6 Å². The molecule has 1 aromatic carbocycles. The van der Waals surface area contributed by atoms with Crippen LogP contribution in [0.1, 0.15) is 51.2 Å². The van der Waals surface area contributed by atoms with Crippen molar-refractivity contribution in [2.24, 2.45) is 0 Å². The first-order chi connectivity index (χ1) is 13.1. The van der Waals surface area contributed by atoms with E-state index >= 15 is 0 Å². The van der Waals surface area contributed by atoms with Gasteiger partial charge in [0.1, 0.15) is 0 Å². The monoisotopic (exact) mass is 365 g/mol. The van der Waals surface area contributed by atoms with E-state index in [-0.39, 0.29) is 0 Å². The Hall–Kier alpha value is -2.00. The molecule has 1 aromatic rings. The first-order valence-corrected chi connectivity index (χ1v) is 10.5. The van der Waals surface area contributed by atoms with E-state index in [2.05, 4.69) is 73.2 Å². The normalized spacial score (nSPS) is 18.6. The van der Waals surface area contributed by atoms with Gasteiger partial charge in [0.25, 0.3) is 0 Å². The van der Waals surface area contributed by atoms with Gasteiger partial charge >= 0.3 is 0 Å². The first-order valence-electron chi connectivity index (χ1n) is 10.5. The fraction of sp³-hybridized carbons (Fsp3) is 0.500.